The monoisotopic (exact) mass is 197 g/mol. The fourth-order valence-corrected chi connectivity index (χ4v) is 2.97. The van der Waals surface area contributed by atoms with Crippen LogP contribution in [0.4, 0.5) is 0 Å². The summed E-state index contributed by atoms with van der Waals surface area (Å²) in [5, 5.41) is 13.3. The van der Waals surface area contributed by atoms with Gasteiger partial charge in [-0.15, -0.1) is 0 Å². The van der Waals surface area contributed by atoms with Crippen LogP contribution in [-0.2, 0) is 0 Å². The molecule has 0 aliphatic heterocycles. The molecule has 2 nitrogen and oxygen atoms in total. The van der Waals surface area contributed by atoms with E-state index in [1.54, 1.807) is 0 Å². The molecule has 2 N–H and O–H groups in total. The summed E-state index contributed by atoms with van der Waals surface area (Å²) >= 11 is 0. The average molecular weight is 197 g/mol. The number of aliphatic hydroxyl groups excluding tert-OH is 1. The summed E-state index contributed by atoms with van der Waals surface area (Å²) < 4.78 is 0. The molecule has 0 bridgehead atoms. The molecule has 0 radical (unpaired) electrons. The molecule has 2 fully saturated rings. The summed E-state index contributed by atoms with van der Waals surface area (Å²) in [6.07, 6.45) is 8.96. The van der Waals surface area contributed by atoms with E-state index in [4.69, 9.17) is 0 Å². The molecule has 0 aromatic heterocycles. The minimum Gasteiger partial charge on any atom is -0.394 e. The van der Waals surface area contributed by atoms with E-state index in [0.717, 1.165) is 5.92 Å². The molecular weight excluding hydrogens is 174 g/mol. The predicted octanol–water partition coefficient (Wildman–Crippen LogP) is 2.07. The molecule has 2 atom stereocenters. The van der Waals surface area contributed by atoms with Crippen molar-refractivity contribution in [2.24, 2.45) is 5.92 Å². The van der Waals surface area contributed by atoms with Gasteiger partial charge in [0.05, 0.1) is 6.61 Å². The van der Waals surface area contributed by atoms with Gasteiger partial charge in [0.25, 0.3) is 0 Å². The molecule has 0 aromatic carbocycles. The van der Waals surface area contributed by atoms with Gasteiger partial charge in [-0.1, -0.05) is 26.2 Å². The Bertz CT molecular complexity index is 191. The highest BCUT2D eigenvalue weighted by molar-refractivity contribution is 4.96. The SMILES string of the molecule is CC1CCCC(CO)(NC2CCC2)C1. The number of hydrogen-bond donors (Lipinski definition) is 2. The lowest BCUT2D eigenvalue weighted by Gasteiger charge is -2.44. The highest BCUT2D eigenvalue weighted by atomic mass is 16.3. The summed E-state index contributed by atoms with van der Waals surface area (Å²) in [5.74, 6) is 0.781. The maximum Gasteiger partial charge on any atom is 0.0613 e. The van der Waals surface area contributed by atoms with Crippen LogP contribution in [0.2, 0.25) is 0 Å². The zero-order chi connectivity index (χ0) is 10.0. The summed E-state index contributed by atoms with van der Waals surface area (Å²) in [7, 11) is 0. The fraction of sp³-hybridized carbons (Fsp3) is 1.00. The first kappa shape index (κ1) is 10.4. The summed E-state index contributed by atoms with van der Waals surface area (Å²) in [6, 6.07) is 0.701. The van der Waals surface area contributed by atoms with Crippen LogP contribution in [0.5, 0.6) is 0 Å². The van der Waals surface area contributed by atoms with Gasteiger partial charge in [-0.3, -0.25) is 0 Å². The van der Waals surface area contributed by atoms with Crippen molar-refractivity contribution < 1.29 is 5.11 Å². The van der Waals surface area contributed by atoms with Gasteiger partial charge in [-0.05, 0) is 31.6 Å². The summed E-state index contributed by atoms with van der Waals surface area (Å²) in [5.41, 5.74) is 0.0722. The standard InChI is InChI=1S/C12H23NO/c1-10-4-3-7-12(8-10,9-14)13-11-5-2-6-11/h10-11,13-14H,2-9H2,1H3. The smallest absolute Gasteiger partial charge is 0.0613 e. The molecular formula is C12H23NO. The van der Waals surface area contributed by atoms with Crippen molar-refractivity contribution in [3.05, 3.63) is 0 Å². The Labute approximate surface area is 87.1 Å². The van der Waals surface area contributed by atoms with Crippen molar-refractivity contribution in [3.8, 4) is 0 Å². The van der Waals surface area contributed by atoms with Gasteiger partial charge < -0.3 is 10.4 Å². The molecule has 0 amide bonds. The number of hydrogen-bond acceptors (Lipinski definition) is 2. The third-order valence-electron chi connectivity index (χ3n) is 4.01. The third kappa shape index (κ3) is 2.12. The lowest BCUT2D eigenvalue weighted by atomic mass is 9.75. The zero-order valence-electron chi connectivity index (χ0n) is 9.26. The van der Waals surface area contributed by atoms with Crippen molar-refractivity contribution in [2.75, 3.05) is 6.61 Å². The zero-order valence-corrected chi connectivity index (χ0v) is 9.26. The summed E-state index contributed by atoms with van der Waals surface area (Å²) in [4.78, 5) is 0. The van der Waals surface area contributed by atoms with E-state index in [1.165, 1.54) is 44.9 Å². The van der Waals surface area contributed by atoms with E-state index in [1.807, 2.05) is 0 Å². The van der Waals surface area contributed by atoms with Crippen LogP contribution >= 0.6 is 0 Å². The maximum atomic E-state index is 9.57. The Kier molecular flexibility index (Phi) is 3.13. The Balaban J connectivity index is 1.92. The normalized spacial score (nSPS) is 39.4. The van der Waals surface area contributed by atoms with E-state index >= 15 is 0 Å². The average Bonchev–Trinajstić information content (AvgIpc) is 2.12. The lowest BCUT2D eigenvalue weighted by molar-refractivity contribution is 0.0757. The van der Waals surface area contributed by atoms with Crippen molar-refractivity contribution in [1.82, 2.24) is 5.32 Å². The molecule has 2 saturated carbocycles. The Hall–Kier alpha value is -0.0800. The van der Waals surface area contributed by atoms with Gasteiger partial charge in [0.15, 0.2) is 0 Å². The fourth-order valence-electron chi connectivity index (χ4n) is 2.97. The second-order valence-electron chi connectivity index (χ2n) is 5.41. The summed E-state index contributed by atoms with van der Waals surface area (Å²) in [6.45, 7) is 2.64. The number of rotatable bonds is 3. The van der Waals surface area contributed by atoms with E-state index in [-0.39, 0.29) is 5.54 Å². The number of nitrogens with one attached hydrogen (secondary N) is 1. The van der Waals surface area contributed by atoms with Crippen molar-refractivity contribution in [1.29, 1.82) is 0 Å². The molecule has 2 unspecified atom stereocenters. The molecule has 0 aromatic rings. The van der Waals surface area contributed by atoms with Gasteiger partial charge in [-0.25, -0.2) is 0 Å². The second-order valence-corrected chi connectivity index (χ2v) is 5.41. The highest BCUT2D eigenvalue weighted by Crippen LogP contribution is 2.34. The molecule has 2 aliphatic rings. The van der Waals surface area contributed by atoms with E-state index in [9.17, 15) is 5.11 Å². The maximum absolute atomic E-state index is 9.57. The first-order valence-corrected chi connectivity index (χ1v) is 6.13. The van der Waals surface area contributed by atoms with Gasteiger partial charge in [0.1, 0.15) is 0 Å². The highest BCUT2D eigenvalue weighted by Gasteiger charge is 2.36. The van der Waals surface area contributed by atoms with Gasteiger partial charge >= 0.3 is 0 Å². The van der Waals surface area contributed by atoms with Gasteiger partial charge in [-0.2, -0.15) is 0 Å². The van der Waals surface area contributed by atoms with Crippen LogP contribution < -0.4 is 5.32 Å². The molecule has 0 saturated heterocycles. The van der Waals surface area contributed by atoms with Crippen LogP contribution in [0.1, 0.15) is 51.9 Å². The van der Waals surface area contributed by atoms with Crippen LogP contribution in [-0.4, -0.2) is 23.3 Å². The predicted molar refractivity (Wildman–Crippen MR) is 58.2 cm³/mol. The Morgan fingerprint density at radius 1 is 1.29 bits per heavy atom. The minimum absolute atomic E-state index is 0.0722. The van der Waals surface area contributed by atoms with Crippen molar-refractivity contribution >= 4 is 0 Å². The Morgan fingerprint density at radius 2 is 2.07 bits per heavy atom. The minimum atomic E-state index is 0.0722. The van der Waals surface area contributed by atoms with Crippen LogP contribution in [0, 0.1) is 5.92 Å². The van der Waals surface area contributed by atoms with Crippen LogP contribution in [0.3, 0.4) is 0 Å². The Morgan fingerprint density at radius 3 is 2.57 bits per heavy atom. The van der Waals surface area contributed by atoms with E-state index in [2.05, 4.69) is 12.2 Å². The van der Waals surface area contributed by atoms with Crippen LogP contribution in [0.25, 0.3) is 0 Å². The van der Waals surface area contributed by atoms with Gasteiger partial charge in [0.2, 0.25) is 0 Å². The second kappa shape index (κ2) is 4.19. The molecule has 14 heavy (non-hydrogen) atoms. The topological polar surface area (TPSA) is 32.3 Å². The van der Waals surface area contributed by atoms with Crippen LogP contribution in [0.15, 0.2) is 0 Å². The molecule has 2 aliphatic carbocycles. The third-order valence-corrected chi connectivity index (χ3v) is 4.01. The van der Waals surface area contributed by atoms with E-state index in [0.29, 0.717) is 12.6 Å². The first-order valence-electron chi connectivity index (χ1n) is 6.13. The quantitative estimate of drug-likeness (QED) is 0.726. The molecule has 82 valence electrons. The molecule has 2 rings (SSSR count). The molecule has 0 spiro atoms. The molecule has 0 heterocycles. The van der Waals surface area contributed by atoms with Crippen molar-refractivity contribution in [2.45, 2.75) is 63.5 Å². The number of aliphatic hydroxyl groups is 1. The largest absolute Gasteiger partial charge is 0.394 e. The first-order chi connectivity index (χ1) is 6.74. The van der Waals surface area contributed by atoms with Crippen molar-refractivity contribution in [3.63, 3.8) is 0 Å². The lowest BCUT2D eigenvalue weighted by Crippen LogP contribution is -2.57. The molecule has 2 heteroatoms. The van der Waals surface area contributed by atoms with Gasteiger partial charge in [0, 0.05) is 11.6 Å². The van der Waals surface area contributed by atoms with E-state index < -0.39 is 0 Å².